The Morgan fingerprint density at radius 1 is 1.07 bits per heavy atom. The molecule has 0 bridgehead atoms. The summed E-state index contributed by atoms with van der Waals surface area (Å²) in [4.78, 5) is 4.56. The lowest BCUT2D eigenvalue weighted by molar-refractivity contribution is -0.126. The minimum atomic E-state index is -4.38. The molecule has 0 unspecified atom stereocenters. The standard InChI is InChI=1S/C32H38F4N4O3S/c1-39-11-8-22(9-12-39)38-26-6-3-5-23-24(21-32(34,35)36)30(44-31(23)26)7-4-10-37-27-19-25(33)28(40-13-15-42-16-14-40)20-29(27)43-18-17-41-2/h3,5-6,19-20,22,37-38H,8-18,21H2,1-2H3. The molecule has 2 saturated heterocycles. The zero-order chi connectivity index (χ0) is 31.1. The van der Waals surface area contributed by atoms with Gasteiger partial charge < -0.3 is 34.6 Å². The van der Waals surface area contributed by atoms with Gasteiger partial charge in [-0.25, -0.2) is 4.39 Å². The highest BCUT2D eigenvalue weighted by Gasteiger charge is 2.31. The van der Waals surface area contributed by atoms with E-state index in [0.29, 0.717) is 60.3 Å². The molecule has 12 heteroatoms. The molecule has 0 atom stereocenters. The number of morpholine rings is 1. The van der Waals surface area contributed by atoms with Gasteiger partial charge in [-0.15, -0.1) is 11.3 Å². The SMILES string of the molecule is COCCOc1cc(N2CCOCC2)c(F)cc1NCC#Cc1sc2c(NC3CCN(C)CC3)cccc2c1CC(F)(F)F. The molecule has 238 valence electrons. The minimum absolute atomic E-state index is 0.0807. The molecule has 1 aromatic heterocycles. The maximum Gasteiger partial charge on any atom is 0.393 e. The fraction of sp³-hybridized carbons (Fsp3) is 0.500. The molecule has 3 aromatic rings. The molecule has 7 nitrogen and oxygen atoms in total. The summed E-state index contributed by atoms with van der Waals surface area (Å²) in [6, 6.07) is 8.74. The Morgan fingerprint density at radius 3 is 2.57 bits per heavy atom. The largest absolute Gasteiger partial charge is 0.489 e. The normalized spacial score (nSPS) is 16.5. The van der Waals surface area contributed by atoms with Crippen molar-refractivity contribution in [3.05, 3.63) is 46.6 Å². The minimum Gasteiger partial charge on any atom is -0.489 e. The second-order valence-electron chi connectivity index (χ2n) is 11.0. The summed E-state index contributed by atoms with van der Waals surface area (Å²) in [6.07, 6.45) is -3.50. The molecule has 44 heavy (non-hydrogen) atoms. The molecule has 2 aliphatic rings. The summed E-state index contributed by atoms with van der Waals surface area (Å²) < 4.78 is 73.4. The van der Waals surface area contributed by atoms with Crippen LogP contribution in [0.15, 0.2) is 30.3 Å². The number of fused-ring (bicyclic) bond motifs is 1. The van der Waals surface area contributed by atoms with Crippen LogP contribution in [0.3, 0.4) is 0 Å². The van der Waals surface area contributed by atoms with Crippen LogP contribution < -0.4 is 20.3 Å². The zero-order valence-electron chi connectivity index (χ0n) is 25.0. The molecule has 3 heterocycles. The number of hydrogen-bond donors (Lipinski definition) is 2. The van der Waals surface area contributed by atoms with E-state index in [9.17, 15) is 13.2 Å². The van der Waals surface area contributed by atoms with Crippen LogP contribution in [0.2, 0.25) is 0 Å². The molecule has 0 spiro atoms. The number of rotatable bonds is 10. The Bertz CT molecular complexity index is 1470. The summed E-state index contributed by atoms with van der Waals surface area (Å²) in [6.45, 7) is 4.80. The Kier molecular flexibility index (Phi) is 10.7. The molecular weight excluding hydrogens is 596 g/mol. The summed E-state index contributed by atoms with van der Waals surface area (Å²) in [7, 11) is 3.66. The van der Waals surface area contributed by atoms with Crippen molar-refractivity contribution in [3.63, 3.8) is 0 Å². The Morgan fingerprint density at radius 2 is 1.84 bits per heavy atom. The van der Waals surface area contributed by atoms with Gasteiger partial charge in [0.2, 0.25) is 0 Å². The fourth-order valence-electron chi connectivity index (χ4n) is 5.48. The van der Waals surface area contributed by atoms with Gasteiger partial charge in [-0.3, -0.25) is 0 Å². The smallest absolute Gasteiger partial charge is 0.393 e. The van der Waals surface area contributed by atoms with Crippen molar-refractivity contribution < 1.29 is 31.8 Å². The summed E-state index contributed by atoms with van der Waals surface area (Å²) >= 11 is 1.27. The first-order valence-corrected chi connectivity index (χ1v) is 15.6. The second-order valence-corrected chi connectivity index (χ2v) is 12.0. The van der Waals surface area contributed by atoms with Crippen molar-refractivity contribution in [2.45, 2.75) is 31.5 Å². The summed E-state index contributed by atoms with van der Waals surface area (Å²) in [5.74, 6) is 5.96. The lowest BCUT2D eigenvalue weighted by Gasteiger charge is -2.30. The monoisotopic (exact) mass is 634 g/mol. The van der Waals surface area contributed by atoms with Crippen LogP contribution in [0.25, 0.3) is 10.1 Å². The van der Waals surface area contributed by atoms with Crippen molar-refractivity contribution >= 4 is 38.5 Å². The first kappa shape index (κ1) is 32.2. The lowest BCUT2D eigenvalue weighted by Crippen LogP contribution is -2.36. The Hall–Kier alpha value is -3.24. The zero-order valence-corrected chi connectivity index (χ0v) is 25.8. The molecule has 0 radical (unpaired) electrons. The molecule has 5 rings (SSSR count). The Labute approximate surface area is 259 Å². The predicted octanol–water partition coefficient (Wildman–Crippen LogP) is 5.98. The van der Waals surface area contributed by atoms with E-state index in [1.807, 2.05) is 11.0 Å². The number of ether oxygens (including phenoxy) is 3. The third-order valence-corrected chi connectivity index (χ3v) is 8.99. The van der Waals surface area contributed by atoms with Gasteiger partial charge in [-0.2, -0.15) is 13.2 Å². The van der Waals surface area contributed by atoms with E-state index in [-0.39, 0.29) is 24.8 Å². The number of hydrogen-bond acceptors (Lipinski definition) is 8. The van der Waals surface area contributed by atoms with Crippen LogP contribution in [0.5, 0.6) is 5.75 Å². The third kappa shape index (κ3) is 8.27. The van der Waals surface area contributed by atoms with Gasteiger partial charge in [0.05, 0.1) is 59.4 Å². The second kappa shape index (κ2) is 14.7. The van der Waals surface area contributed by atoms with E-state index < -0.39 is 18.4 Å². The molecule has 2 aromatic carbocycles. The number of nitrogens with zero attached hydrogens (tertiary/aromatic N) is 2. The molecular formula is C32H38F4N4O3S. The van der Waals surface area contributed by atoms with Crippen LogP contribution in [0.4, 0.5) is 34.6 Å². The number of anilines is 3. The summed E-state index contributed by atoms with van der Waals surface area (Å²) in [5.41, 5.74) is 1.84. The average molecular weight is 635 g/mol. The van der Waals surface area contributed by atoms with Crippen molar-refractivity contribution in [3.8, 4) is 17.6 Å². The molecule has 0 saturated carbocycles. The molecule has 0 aliphatic carbocycles. The first-order chi connectivity index (χ1) is 21.2. The number of halogens is 4. The number of piperidine rings is 1. The Balaban J connectivity index is 1.38. The van der Waals surface area contributed by atoms with E-state index in [2.05, 4.69) is 34.4 Å². The van der Waals surface area contributed by atoms with Crippen molar-refractivity contribution in [1.29, 1.82) is 0 Å². The van der Waals surface area contributed by atoms with Crippen LogP contribution in [-0.4, -0.2) is 90.4 Å². The van der Waals surface area contributed by atoms with Crippen molar-refractivity contribution in [2.75, 3.05) is 88.8 Å². The van der Waals surface area contributed by atoms with E-state index in [0.717, 1.165) is 36.3 Å². The van der Waals surface area contributed by atoms with Crippen LogP contribution in [-0.2, 0) is 15.9 Å². The van der Waals surface area contributed by atoms with Gasteiger partial charge in [0, 0.05) is 38.4 Å². The van der Waals surface area contributed by atoms with Crippen LogP contribution >= 0.6 is 11.3 Å². The van der Waals surface area contributed by atoms with Gasteiger partial charge >= 0.3 is 6.18 Å². The average Bonchev–Trinajstić information content (AvgIpc) is 3.34. The van der Waals surface area contributed by atoms with Crippen LogP contribution in [0, 0.1) is 17.7 Å². The summed E-state index contributed by atoms with van der Waals surface area (Å²) in [5, 5.41) is 7.23. The first-order valence-electron chi connectivity index (χ1n) is 14.8. The molecule has 2 fully saturated rings. The molecule has 0 amide bonds. The van der Waals surface area contributed by atoms with Gasteiger partial charge in [0.1, 0.15) is 18.2 Å². The topological polar surface area (TPSA) is 58.2 Å². The number of benzene rings is 2. The highest BCUT2D eigenvalue weighted by molar-refractivity contribution is 7.20. The maximum atomic E-state index is 15.2. The number of methoxy groups -OCH3 is 1. The van der Waals surface area contributed by atoms with Crippen LogP contribution in [0.1, 0.15) is 23.3 Å². The number of alkyl halides is 3. The van der Waals surface area contributed by atoms with E-state index in [1.165, 1.54) is 17.4 Å². The highest BCUT2D eigenvalue weighted by Crippen LogP contribution is 2.39. The van der Waals surface area contributed by atoms with Gasteiger partial charge in [0.15, 0.2) is 0 Å². The van der Waals surface area contributed by atoms with Gasteiger partial charge in [-0.05, 0) is 50.0 Å². The number of nitrogens with one attached hydrogen (secondary N) is 2. The fourth-order valence-corrected chi connectivity index (χ4v) is 6.65. The quantitative estimate of drug-likeness (QED) is 0.162. The number of thiophene rings is 1. The third-order valence-electron chi connectivity index (χ3n) is 7.79. The van der Waals surface area contributed by atoms with Crippen molar-refractivity contribution in [2.24, 2.45) is 0 Å². The lowest BCUT2D eigenvalue weighted by atomic mass is 10.0. The van der Waals surface area contributed by atoms with Crippen molar-refractivity contribution in [1.82, 2.24) is 4.90 Å². The van der Waals surface area contributed by atoms with Gasteiger partial charge in [0.25, 0.3) is 0 Å². The molecule has 2 aliphatic heterocycles. The maximum absolute atomic E-state index is 15.2. The van der Waals surface area contributed by atoms with E-state index >= 15 is 4.39 Å². The van der Waals surface area contributed by atoms with Gasteiger partial charge in [-0.1, -0.05) is 24.0 Å². The molecule has 2 N–H and O–H groups in total. The van der Waals surface area contributed by atoms with E-state index in [1.54, 1.807) is 25.3 Å². The highest BCUT2D eigenvalue weighted by atomic mass is 32.1. The number of likely N-dealkylation sites (tertiary alicyclic amines) is 1. The predicted molar refractivity (Wildman–Crippen MR) is 168 cm³/mol. The van der Waals surface area contributed by atoms with E-state index in [4.69, 9.17) is 14.2 Å².